The van der Waals surface area contributed by atoms with Crippen LogP contribution in [0.1, 0.15) is 11.1 Å². The second-order valence-corrected chi connectivity index (χ2v) is 2.11. The number of rotatable bonds is 1. The Morgan fingerprint density at radius 3 is 2.50 bits per heavy atom. The first-order chi connectivity index (χ1) is 5.55. The van der Waals surface area contributed by atoms with E-state index in [4.69, 9.17) is 5.41 Å². The topological polar surface area (TPSA) is 36.7 Å². The van der Waals surface area contributed by atoms with Gasteiger partial charge in [-0.25, -0.2) is 0 Å². The first-order valence-electron chi connectivity index (χ1n) is 3.07. The third-order valence-corrected chi connectivity index (χ3v) is 1.31. The monoisotopic (exact) mass is 174 g/mol. The Morgan fingerprint density at radius 2 is 2.08 bits per heavy atom. The summed E-state index contributed by atoms with van der Waals surface area (Å²) >= 11 is 0. The summed E-state index contributed by atoms with van der Waals surface area (Å²) in [7, 11) is 0. The molecular weight excluding hydrogens is 169 g/mol. The summed E-state index contributed by atoms with van der Waals surface area (Å²) in [4.78, 5) is 3.48. The molecule has 12 heavy (non-hydrogen) atoms. The van der Waals surface area contributed by atoms with Crippen LogP contribution in [0.25, 0.3) is 0 Å². The van der Waals surface area contributed by atoms with Gasteiger partial charge >= 0.3 is 6.18 Å². The lowest BCUT2D eigenvalue weighted by atomic mass is 10.1. The molecule has 0 aromatic carbocycles. The number of hydrogen-bond donors (Lipinski definition) is 1. The van der Waals surface area contributed by atoms with Crippen LogP contribution in [0.4, 0.5) is 13.2 Å². The summed E-state index contributed by atoms with van der Waals surface area (Å²) < 4.78 is 36.3. The molecule has 0 aliphatic heterocycles. The molecule has 1 aromatic heterocycles. The Morgan fingerprint density at radius 1 is 1.42 bits per heavy atom. The minimum Gasteiger partial charge on any atom is -0.308 e. The van der Waals surface area contributed by atoms with Crippen LogP contribution in [0, 0.1) is 5.41 Å². The van der Waals surface area contributed by atoms with E-state index < -0.39 is 11.7 Å². The van der Waals surface area contributed by atoms with Gasteiger partial charge in [0.25, 0.3) is 0 Å². The maximum Gasteiger partial charge on any atom is 0.417 e. The Labute approximate surface area is 66.6 Å². The minimum absolute atomic E-state index is 0.218. The highest BCUT2D eigenvalue weighted by Crippen LogP contribution is 2.30. The van der Waals surface area contributed by atoms with Crippen LogP contribution < -0.4 is 0 Å². The number of alkyl halides is 3. The lowest BCUT2D eigenvalue weighted by Gasteiger charge is -2.07. The Bertz CT molecular complexity index is 293. The van der Waals surface area contributed by atoms with Crippen LogP contribution in [-0.4, -0.2) is 11.2 Å². The van der Waals surface area contributed by atoms with E-state index in [1.807, 2.05) is 0 Å². The smallest absolute Gasteiger partial charge is 0.308 e. The summed E-state index contributed by atoms with van der Waals surface area (Å²) in [5.74, 6) is 0. The van der Waals surface area contributed by atoms with E-state index in [1.54, 1.807) is 0 Å². The summed E-state index contributed by atoms with van der Waals surface area (Å²) in [5, 5.41) is 6.70. The van der Waals surface area contributed by atoms with E-state index in [0.29, 0.717) is 6.21 Å². The van der Waals surface area contributed by atoms with Crippen molar-refractivity contribution in [2.75, 3.05) is 0 Å². The number of pyridine rings is 1. The Hall–Kier alpha value is -1.39. The highest BCUT2D eigenvalue weighted by atomic mass is 19.4. The van der Waals surface area contributed by atoms with Crippen molar-refractivity contribution in [1.82, 2.24) is 4.98 Å². The van der Waals surface area contributed by atoms with Crippen molar-refractivity contribution in [2.24, 2.45) is 0 Å². The molecule has 1 aromatic rings. The minimum atomic E-state index is -4.41. The predicted molar refractivity (Wildman–Crippen MR) is 37.1 cm³/mol. The molecule has 0 radical (unpaired) electrons. The van der Waals surface area contributed by atoms with Crippen LogP contribution in [-0.2, 0) is 6.18 Å². The molecule has 1 heterocycles. The van der Waals surface area contributed by atoms with Gasteiger partial charge < -0.3 is 5.41 Å². The Kier molecular flexibility index (Phi) is 2.12. The fourth-order valence-electron chi connectivity index (χ4n) is 0.780. The average molecular weight is 174 g/mol. The van der Waals surface area contributed by atoms with Gasteiger partial charge in [0.15, 0.2) is 0 Å². The number of nitrogens with zero attached hydrogens (tertiary/aromatic N) is 1. The average Bonchev–Trinajstić information content (AvgIpc) is 2.03. The number of hydrogen-bond acceptors (Lipinski definition) is 2. The van der Waals surface area contributed by atoms with Gasteiger partial charge in [-0.2, -0.15) is 13.2 Å². The van der Waals surface area contributed by atoms with Crippen molar-refractivity contribution < 1.29 is 13.2 Å². The molecular formula is C7H5F3N2. The largest absolute Gasteiger partial charge is 0.417 e. The molecule has 0 unspecified atom stereocenters. The zero-order valence-electron chi connectivity index (χ0n) is 5.89. The molecule has 0 saturated carbocycles. The molecule has 0 fully saturated rings. The van der Waals surface area contributed by atoms with E-state index in [9.17, 15) is 13.2 Å². The van der Waals surface area contributed by atoms with Crippen LogP contribution in [0.5, 0.6) is 0 Å². The zero-order chi connectivity index (χ0) is 9.19. The quantitative estimate of drug-likeness (QED) is 0.650. The SMILES string of the molecule is N=Cc1cnccc1C(F)(F)F. The molecule has 2 nitrogen and oxygen atoms in total. The molecule has 0 atom stereocenters. The molecule has 0 saturated heterocycles. The van der Waals surface area contributed by atoms with Gasteiger partial charge in [-0.15, -0.1) is 0 Å². The zero-order valence-corrected chi connectivity index (χ0v) is 5.89. The molecule has 1 N–H and O–H groups in total. The Balaban J connectivity index is 3.23. The molecule has 0 aliphatic rings. The predicted octanol–water partition coefficient (Wildman–Crippen LogP) is 2.10. The van der Waals surface area contributed by atoms with E-state index in [-0.39, 0.29) is 5.56 Å². The van der Waals surface area contributed by atoms with Crippen LogP contribution in [0.15, 0.2) is 18.5 Å². The molecule has 0 amide bonds. The lowest BCUT2D eigenvalue weighted by molar-refractivity contribution is -0.137. The fourth-order valence-corrected chi connectivity index (χ4v) is 0.780. The van der Waals surface area contributed by atoms with E-state index >= 15 is 0 Å². The van der Waals surface area contributed by atoms with Gasteiger partial charge in [-0.05, 0) is 6.07 Å². The lowest BCUT2D eigenvalue weighted by Crippen LogP contribution is -2.08. The van der Waals surface area contributed by atoms with E-state index in [0.717, 1.165) is 18.5 Å². The number of halogens is 3. The molecule has 64 valence electrons. The van der Waals surface area contributed by atoms with Crippen LogP contribution in [0.3, 0.4) is 0 Å². The third kappa shape index (κ3) is 1.61. The highest BCUT2D eigenvalue weighted by Gasteiger charge is 2.32. The standard InChI is InChI=1S/C7H5F3N2/c8-7(9,10)6-1-2-12-4-5(6)3-11/h1-4,11H. The second kappa shape index (κ2) is 2.92. The summed E-state index contributed by atoms with van der Waals surface area (Å²) in [5.41, 5.74) is -1.04. The van der Waals surface area contributed by atoms with Gasteiger partial charge in [-0.1, -0.05) is 0 Å². The normalized spacial score (nSPS) is 11.2. The van der Waals surface area contributed by atoms with Crippen LogP contribution in [0.2, 0.25) is 0 Å². The van der Waals surface area contributed by atoms with Crippen molar-refractivity contribution in [2.45, 2.75) is 6.18 Å². The van der Waals surface area contributed by atoms with Crippen LogP contribution >= 0.6 is 0 Å². The maximum absolute atomic E-state index is 12.1. The first kappa shape index (κ1) is 8.70. The van der Waals surface area contributed by atoms with Crippen molar-refractivity contribution in [3.8, 4) is 0 Å². The molecule has 0 spiro atoms. The summed E-state index contributed by atoms with van der Waals surface area (Å²) in [6.07, 6.45) is -1.71. The summed E-state index contributed by atoms with van der Waals surface area (Å²) in [6, 6.07) is 0.848. The van der Waals surface area contributed by atoms with Gasteiger partial charge in [0.05, 0.1) is 5.56 Å². The second-order valence-electron chi connectivity index (χ2n) is 2.11. The maximum atomic E-state index is 12.1. The molecule has 0 bridgehead atoms. The summed E-state index contributed by atoms with van der Waals surface area (Å²) in [6.45, 7) is 0. The van der Waals surface area contributed by atoms with Gasteiger partial charge in [-0.3, -0.25) is 4.98 Å². The highest BCUT2D eigenvalue weighted by molar-refractivity contribution is 5.78. The fraction of sp³-hybridized carbons (Fsp3) is 0.143. The van der Waals surface area contributed by atoms with Gasteiger partial charge in [0, 0.05) is 24.2 Å². The first-order valence-corrected chi connectivity index (χ1v) is 3.07. The molecule has 0 aliphatic carbocycles. The van der Waals surface area contributed by atoms with Gasteiger partial charge in [0.2, 0.25) is 0 Å². The van der Waals surface area contributed by atoms with E-state index in [1.165, 1.54) is 0 Å². The van der Waals surface area contributed by atoms with Gasteiger partial charge in [0.1, 0.15) is 0 Å². The van der Waals surface area contributed by atoms with Crippen molar-refractivity contribution in [3.63, 3.8) is 0 Å². The van der Waals surface area contributed by atoms with Crippen molar-refractivity contribution in [3.05, 3.63) is 29.6 Å². The van der Waals surface area contributed by atoms with Crippen molar-refractivity contribution in [1.29, 1.82) is 5.41 Å². The van der Waals surface area contributed by atoms with E-state index in [2.05, 4.69) is 4.98 Å². The molecule has 1 rings (SSSR count). The third-order valence-electron chi connectivity index (χ3n) is 1.31. The number of nitrogens with one attached hydrogen (secondary N) is 1. The molecule has 5 heteroatoms. The number of aromatic nitrogens is 1. The van der Waals surface area contributed by atoms with Crippen molar-refractivity contribution >= 4 is 6.21 Å².